The Balaban J connectivity index is 3.01. The van der Waals surface area contributed by atoms with Crippen LogP contribution in [0, 0.1) is 0 Å². The summed E-state index contributed by atoms with van der Waals surface area (Å²) in [4.78, 5) is 0. The van der Waals surface area contributed by atoms with Crippen molar-refractivity contribution < 1.29 is 12.6 Å². The topological polar surface area (TPSA) is 43.4 Å². The largest absolute Gasteiger partial charge is 0.276 e. The van der Waals surface area contributed by atoms with Crippen molar-refractivity contribution in [2.24, 2.45) is 0 Å². The van der Waals surface area contributed by atoms with Gasteiger partial charge in [0.05, 0.1) is 7.11 Å². The summed E-state index contributed by atoms with van der Waals surface area (Å²) in [6.07, 6.45) is 5.86. The van der Waals surface area contributed by atoms with Crippen molar-refractivity contribution in [3.8, 4) is 0 Å². The molecule has 1 aliphatic rings. The van der Waals surface area contributed by atoms with Gasteiger partial charge in [-0.2, -0.15) is 8.42 Å². The number of hydrogen-bond donors (Lipinski definition) is 0. The van der Waals surface area contributed by atoms with Crippen molar-refractivity contribution in [3.05, 3.63) is 23.8 Å². The first-order valence-corrected chi connectivity index (χ1v) is 5.48. The van der Waals surface area contributed by atoms with Crippen LogP contribution in [-0.2, 0) is 14.3 Å². The first-order valence-electron chi connectivity index (χ1n) is 4.07. The van der Waals surface area contributed by atoms with E-state index >= 15 is 0 Å². The predicted molar refractivity (Wildman–Crippen MR) is 51.8 cm³/mol. The molecule has 0 saturated heterocycles. The van der Waals surface area contributed by atoms with E-state index in [0.717, 1.165) is 5.57 Å². The molecular formula is C9H14O3S. The molecule has 0 aliphatic heterocycles. The Morgan fingerprint density at radius 3 is 2.54 bits per heavy atom. The van der Waals surface area contributed by atoms with E-state index < -0.39 is 14.9 Å². The summed E-state index contributed by atoms with van der Waals surface area (Å²) in [7, 11) is -2.28. The summed E-state index contributed by atoms with van der Waals surface area (Å²) in [5.74, 6) is 0. The Labute approximate surface area is 79.2 Å². The highest BCUT2D eigenvalue weighted by molar-refractivity contribution is 7.88. The molecule has 1 atom stereocenters. The van der Waals surface area contributed by atoms with Crippen molar-refractivity contribution >= 4 is 10.1 Å². The maximum Gasteiger partial charge on any atom is 0.276 e. The number of rotatable bonds is 2. The van der Waals surface area contributed by atoms with Gasteiger partial charge in [-0.15, -0.1) is 0 Å². The van der Waals surface area contributed by atoms with Gasteiger partial charge in [0.2, 0.25) is 0 Å². The second kappa shape index (κ2) is 3.27. The summed E-state index contributed by atoms with van der Waals surface area (Å²) in [6.45, 7) is 3.60. The molecule has 0 fully saturated rings. The number of hydrogen-bond acceptors (Lipinski definition) is 3. The number of allylic oxidation sites excluding steroid dienone is 3. The summed E-state index contributed by atoms with van der Waals surface area (Å²) in [5.41, 5.74) is 1.09. The molecule has 1 aliphatic carbocycles. The van der Waals surface area contributed by atoms with Gasteiger partial charge in [0, 0.05) is 0 Å². The van der Waals surface area contributed by atoms with E-state index in [0.29, 0.717) is 6.42 Å². The normalized spacial score (nSPS) is 28.7. The van der Waals surface area contributed by atoms with E-state index in [-0.39, 0.29) is 0 Å². The van der Waals surface area contributed by atoms with Gasteiger partial charge in [-0.1, -0.05) is 23.8 Å². The Bertz CT molecular complexity index is 351. The van der Waals surface area contributed by atoms with Crippen LogP contribution in [0.4, 0.5) is 0 Å². The molecular weight excluding hydrogens is 188 g/mol. The highest BCUT2D eigenvalue weighted by Crippen LogP contribution is 2.29. The summed E-state index contributed by atoms with van der Waals surface area (Å²) < 4.78 is 26.6. The average Bonchev–Trinajstić information content (AvgIpc) is 2.10. The minimum atomic E-state index is -3.48. The lowest BCUT2D eigenvalue weighted by atomic mass is 9.98. The van der Waals surface area contributed by atoms with Crippen molar-refractivity contribution in [1.82, 2.24) is 0 Å². The summed E-state index contributed by atoms with van der Waals surface area (Å²) in [6, 6.07) is 0. The average molecular weight is 202 g/mol. The maximum atomic E-state index is 11.5. The highest BCUT2D eigenvalue weighted by Gasteiger charge is 2.37. The standard InChI is InChI=1S/C9H14O3S/c1-8-4-6-9(2,7-5-8)13(10,11)12-3/h4-6H,7H2,1-3H3. The zero-order valence-electron chi connectivity index (χ0n) is 8.07. The van der Waals surface area contributed by atoms with Crippen molar-refractivity contribution in [2.75, 3.05) is 7.11 Å². The van der Waals surface area contributed by atoms with E-state index in [4.69, 9.17) is 0 Å². The molecule has 1 rings (SSSR count). The lowest BCUT2D eigenvalue weighted by Crippen LogP contribution is -2.34. The van der Waals surface area contributed by atoms with Crippen molar-refractivity contribution in [2.45, 2.75) is 25.0 Å². The molecule has 0 heterocycles. The van der Waals surface area contributed by atoms with Gasteiger partial charge in [0.1, 0.15) is 4.75 Å². The molecule has 13 heavy (non-hydrogen) atoms. The fourth-order valence-electron chi connectivity index (χ4n) is 1.18. The first kappa shape index (κ1) is 10.5. The van der Waals surface area contributed by atoms with Gasteiger partial charge in [0.15, 0.2) is 0 Å². The zero-order chi connectivity index (χ0) is 10.1. The summed E-state index contributed by atoms with van der Waals surface area (Å²) >= 11 is 0. The SMILES string of the molecule is COS(=O)(=O)C1(C)C=CC(C)=CC1. The zero-order valence-corrected chi connectivity index (χ0v) is 8.89. The van der Waals surface area contributed by atoms with Crippen LogP contribution in [-0.4, -0.2) is 20.3 Å². The van der Waals surface area contributed by atoms with Crippen molar-refractivity contribution in [1.29, 1.82) is 0 Å². The molecule has 0 N–H and O–H groups in total. The molecule has 0 amide bonds. The van der Waals surface area contributed by atoms with Gasteiger partial charge in [-0.3, -0.25) is 4.18 Å². The third-order valence-electron chi connectivity index (χ3n) is 2.32. The van der Waals surface area contributed by atoms with Gasteiger partial charge in [-0.05, 0) is 20.3 Å². The van der Waals surface area contributed by atoms with E-state index in [1.54, 1.807) is 19.1 Å². The predicted octanol–water partition coefficient (Wildman–Crippen LogP) is 1.63. The fourth-order valence-corrected chi connectivity index (χ4v) is 2.09. The van der Waals surface area contributed by atoms with Crippen LogP contribution in [0.25, 0.3) is 0 Å². The van der Waals surface area contributed by atoms with Gasteiger partial charge < -0.3 is 0 Å². The molecule has 4 heteroatoms. The van der Waals surface area contributed by atoms with E-state index in [9.17, 15) is 8.42 Å². The van der Waals surface area contributed by atoms with Crippen LogP contribution in [0.3, 0.4) is 0 Å². The molecule has 74 valence electrons. The van der Waals surface area contributed by atoms with E-state index in [1.807, 2.05) is 13.0 Å². The van der Waals surface area contributed by atoms with Gasteiger partial charge in [0.25, 0.3) is 10.1 Å². The fraction of sp³-hybridized carbons (Fsp3) is 0.556. The highest BCUT2D eigenvalue weighted by atomic mass is 32.2. The molecule has 0 aromatic heterocycles. The monoisotopic (exact) mass is 202 g/mol. The minimum Gasteiger partial charge on any atom is -0.273 e. The quantitative estimate of drug-likeness (QED) is 0.639. The molecule has 0 aromatic carbocycles. The lowest BCUT2D eigenvalue weighted by molar-refractivity contribution is 0.377. The van der Waals surface area contributed by atoms with E-state index in [2.05, 4.69) is 4.18 Å². The summed E-state index contributed by atoms with van der Waals surface area (Å²) in [5, 5.41) is 0. The van der Waals surface area contributed by atoms with Gasteiger partial charge in [-0.25, -0.2) is 0 Å². The molecule has 0 aromatic rings. The first-order chi connectivity index (χ1) is 5.91. The Kier molecular flexibility index (Phi) is 2.63. The van der Waals surface area contributed by atoms with Gasteiger partial charge >= 0.3 is 0 Å². The van der Waals surface area contributed by atoms with Crippen LogP contribution in [0.5, 0.6) is 0 Å². The van der Waals surface area contributed by atoms with Crippen LogP contribution >= 0.6 is 0 Å². The van der Waals surface area contributed by atoms with Crippen LogP contribution < -0.4 is 0 Å². The van der Waals surface area contributed by atoms with Crippen LogP contribution in [0.1, 0.15) is 20.3 Å². The third kappa shape index (κ3) is 1.84. The second-order valence-corrected chi connectivity index (χ2v) is 5.59. The maximum absolute atomic E-state index is 11.5. The van der Waals surface area contributed by atoms with Crippen molar-refractivity contribution in [3.63, 3.8) is 0 Å². The Hall–Kier alpha value is -0.610. The molecule has 0 bridgehead atoms. The third-order valence-corrected chi connectivity index (χ3v) is 4.20. The Morgan fingerprint density at radius 1 is 1.54 bits per heavy atom. The van der Waals surface area contributed by atoms with E-state index in [1.165, 1.54) is 7.11 Å². The molecule has 1 unspecified atom stereocenters. The smallest absolute Gasteiger partial charge is 0.273 e. The molecule has 0 spiro atoms. The molecule has 3 nitrogen and oxygen atoms in total. The van der Waals surface area contributed by atoms with Crippen LogP contribution in [0.15, 0.2) is 23.8 Å². The lowest BCUT2D eigenvalue weighted by Gasteiger charge is -2.25. The minimum absolute atomic E-state index is 0.478. The Morgan fingerprint density at radius 2 is 2.15 bits per heavy atom. The molecule has 0 saturated carbocycles. The second-order valence-electron chi connectivity index (χ2n) is 3.42. The molecule has 0 radical (unpaired) electrons. The van der Waals surface area contributed by atoms with Crippen LogP contribution in [0.2, 0.25) is 0 Å².